The van der Waals surface area contributed by atoms with Gasteiger partial charge in [0.25, 0.3) is 0 Å². The van der Waals surface area contributed by atoms with Crippen LogP contribution in [0.15, 0.2) is 42.6 Å². The fourth-order valence-corrected chi connectivity index (χ4v) is 3.70. The number of nitrogens with zero attached hydrogens (tertiary/aromatic N) is 1. The van der Waals surface area contributed by atoms with Gasteiger partial charge in [-0.25, -0.2) is 9.18 Å². The molecule has 0 spiro atoms. The van der Waals surface area contributed by atoms with Crippen LogP contribution >= 0.6 is 45.2 Å². The topological polar surface area (TPSA) is 90.7 Å². The molecule has 0 aliphatic heterocycles. The van der Waals surface area contributed by atoms with Crippen molar-refractivity contribution in [2.75, 3.05) is 0 Å². The molecule has 0 aliphatic carbocycles. The van der Waals surface area contributed by atoms with Gasteiger partial charge in [0.1, 0.15) is 28.4 Å². The van der Waals surface area contributed by atoms with Gasteiger partial charge in [0.15, 0.2) is 0 Å². The molecule has 3 N–H and O–H groups in total. The third-order valence-electron chi connectivity index (χ3n) is 2.95. The van der Waals surface area contributed by atoms with E-state index in [1.165, 1.54) is 24.4 Å². The summed E-state index contributed by atoms with van der Waals surface area (Å²) in [6.07, 6.45) is 1.52. The maximum atomic E-state index is 13.0. The zero-order chi connectivity index (χ0) is 17.9. The van der Waals surface area contributed by atoms with Crippen molar-refractivity contribution in [1.29, 1.82) is 0 Å². The van der Waals surface area contributed by atoms with Gasteiger partial charge >= 0.3 is 5.97 Å². The van der Waals surface area contributed by atoms with E-state index in [0.717, 1.165) is 3.57 Å². The van der Waals surface area contributed by atoms with Crippen LogP contribution in [-0.2, 0) is 17.1 Å². The van der Waals surface area contributed by atoms with Crippen LogP contribution < -0.4 is 0 Å². The van der Waals surface area contributed by atoms with Crippen LogP contribution in [-0.4, -0.2) is 26.3 Å². The monoisotopic (exact) mass is 616 g/mol. The summed E-state index contributed by atoms with van der Waals surface area (Å²) < 4.78 is 14.4. The molecule has 0 amide bonds. The van der Waals surface area contributed by atoms with Crippen molar-refractivity contribution >= 4 is 62.1 Å². The molecular formula is C16H10CuFI2NO4. The third-order valence-corrected chi connectivity index (χ3v) is 4.40. The second-order valence-electron chi connectivity index (χ2n) is 4.56. The maximum Gasteiger partial charge on any atom is 0.339 e. The number of rotatable bonds is 1. The van der Waals surface area contributed by atoms with E-state index in [1.54, 1.807) is 18.2 Å². The van der Waals surface area contributed by atoms with Crippen LogP contribution in [0, 0.1) is 13.0 Å². The predicted molar refractivity (Wildman–Crippen MR) is 104 cm³/mol. The minimum absolute atomic E-state index is 0. The fourth-order valence-electron chi connectivity index (χ4n) is 1.85. The van der Waals surface area contributed by atoms with E-state index in [2.05, 4.69) is 4.98 Å². The molecule has 0 bridgehead atoms. The van der Waals surface area contributed by atoms with Crippen LogP contribution in [0.3, 0.4) is 0 Å². The van der Waals surface area contributed by atoms with Gasteiger partial charge in [-0.1, -0.05) is 0 Å². The van der Waals surface area contributed by atoms with Crippen LogP contribution in [0.5, 0.6) is 11.5 Å². The van der Waals surface area contributed by atoms with Crippen molar-refractivity contribution in [3.8, 4) is 11.5 Å². The van der Waals surface area contributed by atoms with Crippen molar-refractivity contribution in [3.05, 3.63) is 61.1 Å². The molecule has 9 heteroatoms. The Kier molecular flexibility index (Phi) is 8.32. The Morgan fingerprint density at radius 2 is 1.80 bits per heavy atom. The first-order valence-corrected chi connectivity index (χ1v) is 8.60. The summed E-state index contributed by atoms with van der Waals surface area (Å²) in [5.41, 5.74) is 0.254. The van der Waals surface area contributed by atoms with Crippen LogP contribution in [0.4, 0.5) is 4.39 Å². The summed E-state index contributed by atoms with van der Waals surface area (Å²) in [5.74, 6) is -1.63. The van der Waals surface area contributed by atoms with Gasteiger partial charge in [-0.15, -0.1) is 0 Å². The summed E-state index contributed by atoms with van der Waals surface area (Å²) in [7, 11) is 0. The first kappa shape index (κ1) is 21.9. The van der Waals surface area contributed by atoms with Gasteiger partial charge in [-0.3, -0.25) is 4.98 Å². The van der Waals surface area contributed by atoms with E-state index in [4.69, 9.17) is 5.11 Å². The molecule has 5 nitrogen and oxygen atoms in total. The Morgan fingerprint density at radius 1 is 1.12 bits per heavy atom. The van der Waals surface area contributed by atoms with Gasteiger partial charge in [-0.05, 0) is 81.6 Å². The zero-order valence-electron chi connectivity index (χ0n) is 12.2. The summed E-state index contributed by atoms with van der Waals surface area (Å²) in [6.45, 7) is 0. The third kappa shape index (κ3) is 5.40. The number of halogens is 3. The number of hydrogen-bond donors (Lipinski definition) is 3. The van der Waals surface area contributed by atoms with E-state index < -0.39 is 5.97 Å². The van der Waals surface area contributed by atoms with Gasteiger partial charge in [0, 0.05) is 32.2 Å². The Balaban J connectivity index is 0.000000240. The molecule has 0 saturated carbocycles. The van der Waals surface area contributed by atoms with Gasteiger partial charge in [-0.2, -0.15) is 0 Å². The molecule has 3 rings (SSSR count). The number of carboxylic acid groups (broad SMARTS) is 1. The number of aromatic nitrogens is 1. The molecule has 1 radical (unpaired) electrons. The average Bonchev–Trinajstić information content (AvgIpc) is 2.55. The quantitative estimate of drug-likeness (QED) is 0.279. The van der Waals surface area contributed by atoms with E-state index in [-0.39, 0.29) is 39.9 Å². The average molecular weight is 617 g/mol. The molecule has 0 aliphatic rings. The Bertz CT molecular complexity index is 884. The first-order chi connectivity index (χ1) is 11.3. The molecule has 135 valence electrons. The smallest absolute Gasteiger partial charge is 0.339 e. The van der Waals surface area contributed by atoms with Crippen molar-refractivity contribution in [3.63, 3.8) is 0 Å². The molecular weight excluding hydrogens is 607 g/mol. The summed E-state index contributed by atoms with van der Waals surface area (Å²) >= 11 is 3.89. The fraction of sp³-hybridized carbons (Fsp3) is 0. The number of aromatic carboxylic acids is 1. The van der Waals surface area contributed by atoms with Crippen molar-refractivity contribution < 1.29 is 41.6 Å². The van der Waals surface area contributed by atoms with Crippen molar-refractivity contribution in [2.24, 2.45) is 0 Å². The predicted octanol–water partition coefficient (Wildman–Crippen LogP) is 4.38. The second kappa shape index (κ2) is 9.51. The molecule has 25 heavy (non-hydrogen) atoms. The van der Waals surface area contributed by atoms with Crippen LogP contribution in [0.1, 0.15) is 10.4 Å². The molecule has 0 unspecified atom stereocenters. The Hall–Kier alpha value is -1.17. The standard InChI is InChI=1S/C9H6FNO.C7H4I2O3.Cu/c10-7-3-4-8(12)9-6(7)2-1-5-11-9;8-3-1-4(7(11)12)6(10)5(9)2-3;/h1-5,12H;1-2,10H,(H,11,12);. The molecule has 0 saturated heterocycles. The van der Waals surface area contributed by atoms with Gasteiger partial charge in [0.2, 0.25) is 0 Å². The molecule has 3 aromatic rings. The summed E-state index contributed by atoms with van der Waals surface area (Å²) in [4.78, 5) is 14.4. The van der Waals surface area contributed by atoms with Gasteiger partial charge in [0.05, 0.1) is 3.57 Å². The van der Waals surface area contributed by atoms with E-state index in [1.807, 2.05) is 45.2 Å². The Labute approximate surface area is 180 Å². The van der Waals surface area contributed by atoms with Gasteiger partial charge < -0.3 is 15.3 Å². The Morgan fingerprint density at radius 3 is 2.40 bits per heavy atom. The minimum atomic E-state index is -1.11. The molecule has 0 atom stereocenters. The number of carboxylic acids is 1. The second-order valence-corrected chi connectivity index (χ2v) is 6.96. The summed E-state index contributed by atoms with van der Waals surface area (Å²) in [5, 5.41) is 27.6. The van der Waals surface area contributed by atoms with E-state index in [0.29, 0.717) is 14.5 Å². The summed E-state index contributed by atoms with van der Waals surface area (Å²) in [6, 6.07) is 8.87. The van der Waals surface area contributed by atoms with Crippen LogP contribution in [0.25, 0.3) is 10.9 Å². The number of carbonyl (C=O) groups is 1. The molecule has 1 aromatic heterocycles. The normalized spacial score (nSPS) is 9.72. The van der Waals surface area contributed by atoms with Crippen molar-refractivity contribution in [1.82, 2.24) is 4.98 Å². The maximum absolute atomic E-state index is 13.0. The number of aromatic hydroxyl groups is 2. The number of phenolic OH excluding ortho intramolecular Hbond substituents is 1. The van der Waals surface area contributed by atoms with Crippen LogP contribution in [0.2, 0.25) is 0 Å². The van der Waals surface area contributed by atoms with Crippen molar-refractivity contribution in [2.45, 2.75) is 0 Å². The number of fused-ring (bicyclic) bond motifs is 1. The zero-order valence-corrected chi connectivity index (χ0v) is 17.4. The van der Waals surface area contributed by atoms with E-state index in [9.17, 15) is 19.4 Å². The number of pyridine rings is 1. The molecule has 2 aromatic carbocycles. The number of phenols is 2. The largest absolute Gasteiger partial charge is 0.506 e. The number of benzene rings is 2. The first-order valence-electron chi connectivity index (χ1n) is 6.44. The number of hydrogen-bond acceptors (Lipinski definition) is 4. The molecule has 1 heterocycles. The van der Waals surface area contributed by atoms with E-state index >= 15 is 0 Å². The molecule has 0 fully saturated rings. The minimum Gasteiger partial charge on any atom is -0.506 e. The SMILES string of the molecule is O=C(O)c1cc(I)cc(I)c1O.Oc1ccc(F)c2cccnc12.[Cu].